The molecule has 8 atom stereocenters. The van der Waals surface area contributed by atoms with Crippen LogP contribution in [0, 0.1) is 34.5 Å². The Hall–Kier alpha value is -1.48. The first kappa shape index (κ1) is 20.4. The van der Waals surface area contributed by atoms with E-state index in [4.69, 9.17) is 16.3 Å². The van der Waals surface area contributed by atoms with Crippen LogP contribution in [0.3, 0.4) is 0 Å². The van der Waals surface area contributed by atoms with Crippen LogP contribution in [-0.4, -0.2) is 30.0 Å². The van der Waals surface area contributed by atoms with E-state index >= 15 is 0 Å². The molecule has 5 rings (SSSR count). The van der Waals surface area contributed by atoms with Gasteiger partial charge in [-0.3, -0.25) is 4.79 Å². The van der Waals surface area contributed by atoms with Gasteiger partial charge in [0.15, 0.2) is 0 Å². The molecule has 4 heteroatoms. The third kappa shape index (κ3) is 3.03. The summed E-state index contributed by atoms with van der Waals surface area (Å²) in [5.41, 5.74) is 0.451. The Morgan fingerprint density at radius 3 is 2.60 bits per heavy atom. The van der Waals surface area contributed by atoms with Crippen LogP contribution in [0.5, 0.6) is 5.75 Å². The fourth-order valence-corrected chi connectivity index (χ4v) is 7.97. The number of rotatable bonds is 2. The van der Waals surface area contributed by atoms with Crippen molar-refractivity contribution in [1.82, 2.24) is 4.90 Å². The molecule has 0 saturated heterocycles. The zero-order chi connectivity index (χ0) is 21.3. The molecule has 1 amide bonds. The highest BCUT2D eigenvalue weighted by Crippen LogP contribution is 2.65. The molecule has 3 aliphatic carbocycles. The zero-order valence-electron chi connectivity index (χ0n) is 18.6. The lowest BCUT2D eigenvalue weighted by atomic mass is 9.46. The predicted molar refractivity (Wildman–Crippen MR) is 120 cm³/mol. The van der Waals surface area contributed by atoms with Crippen molar-refractivity contribution in [3.05, 3.63) is 41.4 Å². The number of carbonyl (C=O) groups is 1. The second-order valence-electron chi connectivity index (χ2n) is 11.0. The van der Waals surface area contributed by atoms with Crippen LogP contribution in [0.25, 0.3) is 0 Å². The van der Waals surface area contributed by atoms with E-state index in [0.717, 1.165) is 30.0 Å². The molecule has 1 heterocycles. The minimum atomic E-state index is 0.0935. The maximum absolute atomic E-state index is 12.3. The second-order valence-corrected chi connectivity index (χ2v) is 11.4. The third-order valence-corrected chi connectivity index (χ3v) is 9.60. The molecule has 3 fully saturated rings. The maximum Gasteiger partial charge on any atom is 0.246 e. The number of fused-ring (bicyclic) bond motifs is 5. The van der Waals surface area contributed by atoms with Crippen molar-refractivity contribution >= 4 is 17.5 Å². The number of nitrogens with zero attached hydrogens (tertiary/aromatic N) is 1. The van der Waals surface area contributed by atoms with Gasteiger partial charge >= 0.3 is 0 Å². The van der Waals surface area contributed by atoms with Crippen LogP contribution in [0.15, 0.2) is 36.4 Å². The first-order valence-corrected chi connectivity index (χ1v) is 12.0. The summed E-state index contributed by atoms with van der Waals surface area (Å²) in [5, 5.41) is 0.750. The Bertz CT molecular complexity index is 866. The first-order chi connectivity index (χ1) is 14.2. The van der Waals surface area contributed by atoms with E-state index in [9.17, 15) is 4.79 Å². The average Bonchev–Trinajstić information content (AvgIpc) is 3.04. The van der Waals surface area contributed by atoms with E-state index in [2.05, 4.69) is 26.8 Å². The number of halogens is 1. The zero-order valence-corrected chi connectivity index (χ0v) is 19.4. The Kier molecular flexibility index (Phi) is 4.78. The van der Waals surface area contributed by atoms with Gasteiger partial charge in [-0.05, 0) is 91.5 Å². The number of hydrogen-bond donors (Lipinski definition) is 0. The Morgan fingerprint density at radius 2 is 1.87 bits per heavy atom. The monoisotopic (exact) mass is 427 g/mol. The normalized spacial score (nSPS) is 45.0. The molecule has 0 bridgehead atoms. The highest BCUT2D eigenvalue weighted by Gasteiger charge is 2.61. The van der Waals surface area contributed by atoms with E-state index < -0.39 is 0 Å². The van der Waals surface area contributed by atoms with E-state index in [1.807, 2.05) is 42.3 Å². The van der Waals surface area contributed by atoms with Crippen LogP contribution < -0.4 is 4.74 Å². The molecule has 3 nitrogen and oxygen atoms in total. The van der Waals surface area contributed by atoms with Crippen molar-refractivity contribution in [2.75, 3.05) is 7.05 Å². The van der Waals surface area contributed by atoms with Crippen molar-refractivity contribution < 1.29 is 9.53 Å². The van der Waals surface area contributed by atoms with Gasteiger partial charge in [0.25, 0.3) is 0 Å². The molecule has 1 aromatic rings. The fourth-order valence-electron chi connectivity index (χ4n) is 7.85. The van der Waals surface area contributed by atoms with Gasteiger partial charge in [-0.25, -0.2) is 0 Å². The van der Waals surface area contributed by atoms with Gasteiger partial charge in [0.05, 0.1) is 6.10 Å². The Labute approximate surface area is 185 Å². The quantitative estimate of drug-likeness (QED) is 0.581. The van der Waals surface area contributed by atoms with E-state index in [1.54, 1.807) is 0 Å². The summed E-state index contributed by atoms with van der Waals surface area (Å²) in [6.07, 6.45) is 10.3. The standard InChI is InChI=1S/C26H34ClNO2/c1-16-13-22-26(3,12-10-23(29)28(22)4)20-9-11-25(2)15-19(14-21(25)24(16)20)30-18-7-5-17(27)6-8-18/h5-8,10,12,16,19-22,24H,9,11,13-15H2,1-4H3/t16-,19-,20-,21-,22+,24+,25+,26+/m0/s1. The molecule has 0 radical (unpaired) electrons. The number of likely N-dealkylation sites (N-methyl/N-ethyl adjacent to an activating group) is 1. The van der Waals surface area contributed by atoms with Crippen molar-refractivity contribution in [1.29, 1.82) is 0 Å². The molecule has 0 unspecified atom stereocenters. The van der Waals surface area contributed by atoms with E-state index in [-0.39, 0.29) is 17.4 Å². The van der Waals surface area contributed by atoms with Crippen molar-refractivity contribution in [3.8, 4) is 5.75 Å². The van der Waals surface area contributed by atoms with Crippen LogP contribution in [-0.2, 0) is 4.79 Å². The predicted octanol–water partition coefficient (Wildman–Crippen LogP) is 5.97. The van der Waals surface area contributed by atoms with Gasteiger partial charge in [0, 0.05) is 23.5 Å². The Morgan fingerprint density at radius 1 is 1.13 bits per heavy atom. The van der Waals surface area contributed by atoms with E-state index in [1.165, 1.54) is 12.8 Å². The molecule has 4 aliphatic rings. The third-order valence-electron chi connectivity index (χ3n) is 9.35. The van der Waals surface area contributed by atoms with Gasteiger partial charge in [-0.15, -0.1) is 0 Å². The molecule has 0 spiro atoms. The summed E-state index contributed by atoms with van der Waals surface area (Å²) in [5.74, 6) is 3.77. The number of carbonyl (C=O) groups excluding carboxylic acids is 1. The van der Waals surface area contributed by atoms with E-state index in [0.29, 0.717) is 35.1 Å². The Balaban J connectivity index is 1.41. The molecule has 1 aliphatic heterocycles. The molecule has 30 heavy (non-hydrogen) atoms. The second kappa shape index (κ2) is 7.02. The first-order valence-electron chi connectivity index (χ1n) is 11.6. The van der Waals surface area contributed by atoms with Crippen LogP contribution in [0.1, 0.15) is 52.9 Å². The summed E-state index contributed by atoms with van der Waals surface area (Å²) in [4.78, 5) is 14.4. The number of amides is 1. The number of benzene rings is 1. The summed E-state index contributed by atoms with van der Waals surface area (Å²) < 4.78 is 6.44. The van der Waals surface area contributed by atoms with Gasteiger partial charge in [0.2, 0.25) is 5.91 Å². The lowest BCUT2D eigenvalue weighted by molar-refractivity contribution is -0.143. The fraction of sp³-hybridized carbons (Fsp3) is 0.654. The van der Waals surface area contributed by atoms with Crippen LogP contribution in [0.4, 0.5) is 0 Å². The van der Waals surface area contributed by atoms with Crippen LogP contribution in [0.2, 0.25) is 5.02 Å². The SMILES string of the molecule is C[C@H]1C[C@H]2N(C)C(=O)C=C[C@]2(C)[C@H]2CC[C@]3(C)C[C@@H](Oc4ccc(Cl)cc4)C[C@H]3[C@H]12. The average molecular weight is 428 g/mol. The highest BCUT2D eigenvalue weighted by molar-refractivity contribution is 6.30. The summed E-state index contributed by atoms with van der Waals surface area (Å²) in [7, 11) is 2.00. The summed E-state index contributed by atoms with van der Waals surface area (Å²) in [6.45, 7) is 7.36. The topological polar surface area (TPSA) is 29.5 Å². The minimum absolute atomic E-state index is 0.0935. The van der Waals surface area contributed by atoms with Crippen LogP contribution >= 0.6 is 11.6 Å². The lowest BCUT2D eigenvalue weighted by Gasteiger charge is -2.61. The molecule has 1 aromatic carbocycles. The highest BCUT2D eigenvalue weighted by atomic mass is 35.5. The number of hydrogen-bond acceptors (Lipinski definition) is 2. The smallest absolute Gasteiger partial charge is 0.246 e. The summed E-state index contributed by atoms with van der Waals surface area (Å²) >= 11 is 6.04. The number of ether oxygens (including phenoxy) is 1. The molecule has 0 aromatic heterocycles. The van der Waals surface area contributed by atoms with Gasteiger partial charge in [-0.1, -0.05) is 38.4 Å². The largest absolute Gasteiger partial charge is 0.490 e. The van der Waals surface area contributed by atoms with Gasteiger partial charge in [-0.2, -0.15) is 0 Å². The summed E-state index contributed by atoms with van der Waals surface area (Å²) in [6, 6.07) is 8.13. The van der Waals surface area contributed by atoms with Crippen molar-refractivity contribution in [2.45, 2.75) is 65.0 Å². The van der Waals surface area contributed by atoms with Gasteiger partial charge < -0.3 is 9.64 Å². The molecular weight excluding hydrogens is 394 g/mol. The van der Waals surface area contributed by atoms with Crippen molar-refractivity contribution in [2.24, 2.45) is 34.5 Å². The molecular formula is C26H34ClNO2. The molecule has 0 N–H and O–H groups in total. The van der Waals surface area contributed by atoms with Crippen molar-refractivity contribution in [3.63, 3.8) is 0 Å². The maximum atomic E-state index is 12.3. The van der Waals surface area contributed by atoms with Gasteiger partial charge in [0.1, 0.15) is 5.75 Å². The lowest BCUT2D eigenvalue weighted by Crippen LogP contribution is -2.61. The molecule has 3 saturated carbocycles. The molecule has 162 valence electrons. The minimum Gasteiger partial charge on any atom is -0.490 e.